The Hall–Kier alpha value is -3.32. The predicted molar refractivity (Wildman–Crippen MR) is 102 cm³/mol. The van der Waals surface area contributed by atoms with Crippen molar-refractivity contribution in [1.29, 1.82) is 0 Å². The molecule has 0 fully saturated rings. The zero-order valence-electron chi connectivity index (χ0n) is 14.3. The number of fused-ring (bicyclic) bond motifs is 1. The van der Waals surface area contributed by atoms with Gasteiger partial charge in [0.15, 0.2) is 0 Å². The molecule has 4 aromatic rings. The second-order valence-electron chi connectivity index (χ2n) is 6.21. The van der Waals surface area contributed by atoms with E-state index in [1.807, 2.05) is 35.2 Å². The van der Waals surface area contributed by atoms with Crippen molar-refractivity contribution in [3.63, 3.8) is 0 Å². The van der Waals surface area contributed by atoms with Crippen molar-refractivity contribution in [2.45, 2.75) is 16.2 Å². The lowest BCUT2D eigenvalue weighted by atomic mass is 10.2. The molecule has 0 radical (unpaired) electrons. The van der Waals surface area contributed by atoms with Crippen LogP contribution in [0.25, 0.3) is 16.6 Å². The average molecular weight is 379 g/mol. The Morgan fingerprint density at radius 3 is 2.37 bits per heavy atom. The Kier molecular flexibility index (Phi) is 4.08. The summed E-state index contributed by atoms with van der Waals surface area (Å²) in [5.74, 6) is -0.600. The minimum absolute atomic E-state index is 0.0940. The molecule has 0 atom stereocenters. The van der Waals surface area contributed by atoms with Gasteiger partial charge in [-0.05, 0) is 42.5 Å². The number of hydrogen-bond acceptors (Lipinski definition) is 3. The molecule has 4 rings (SSSR count). The van der Waals surface area contributed by atoms with Gasteiger partial charge in [-0.25, -0.2) is 8.42 Å². The fraction of sp³-hybridized carbons (Fsp3) is 0.0500. The van der Waals surface area contributed by atoms with Gasteiger partial charge >= 0.3 is 0 Å². The number of nitrogens with one attached hydrogen (secondary N) is 1. The summed E-state index contributed by atoms with van der Waals surface area (Å²) in [4.78, 5) is 14.8. The first-order valence-electron chi connectivity index (χ1n) is 8.33. The first-order chi connectivity index (χ1) is 13.0. The number of aromatic amines is 1. The zero-order valence-corrected chi connectivity index (χ0v) is 15.1. The van der Waals surface area contributed by atoms with E-state index in [2.05, 4.69) is 4.98 Å². The lowest BCUT2D eigenvalue weighted by Crippen LogP contribution is -2.16. The van der Waals surface area contributed by atoms with Crippen LogP contribution in [0.5, 0.6) is 0 Å². The van der Waals surface area contributed by atoms with Crippen LogP contribution in [-0.2, 0) is 21.1 Å². The van der Waals surface area contributed by atoms with Crippen molar-refractivity contribution in [3.05, 3.63) is 78.8 Å². The molecule has 6 nitrogen and oxygen atoms in total. The summed E-state index contributed by atoms with van der Waals surface area (Å²) in [5.41, 5.74) is 7.10. The maximum atomic E-state index is 13.3. The van der Waals surface area contributed by atoms with E-state index in [9.17, 15) is 13.2 Å². The number of H-pyrrole nitrogens is 1. The Labute approximate surface area is 156 Å². The second-order valence-corrected chi connectivity index (χ2v) is 8.10. The molecule has 0 spiro atoms. The van der Waals surface area contributed by atoms with Crippen LogP contribution in [0.4, 0.5) is 0 Å². The molecule has 0 aliphatic carbocycles. The number of nitrogens with zero attached hydrogens (tertiary/aromatic N) is 1. The molecule has 0 bridgehead atoms. The average Bonchev–Trinajstić information content (AvgIpc) is 3.29. The molecule has 0 saturated carbocycles. The number of amides is 1. The maximum Gasteiger partial charge on any atom is 0.223 e. The van der Waals surface area contributed by atoms with E-state index in [4.69, 9.17) is 5.73 Å². The van der Waals surface area contributed by atoms with Gasteiger partial charge in [-0.15, -0.1) is 0 Å². The van der Waals surface area contributed by atoms with Gasteiger partial charge < -0.3 is 15.3 Å². The number of aromatic nitrogens is 2. The van der Waals surface area contributed by atoms with Gasteiger partial charge in [0.05, 0.1) is 11.3 Å². The molecule has 0 aliphatic rings. The lowest BCUT2D eigenvalue weighted by molar-refractivity contribution is -0.117. The van der Waals surface area contributed by atoms with Crippen LogP contribution in [0.1, 0.15) is 5.69 Å². The molecule has 0 saturated heterocycles. The quantitative estimate of drug-likeness (QED) is 0.558. The number of carbonyl (C=O) groups excluding carboxylic acids is 1. The number of rotatable bonds is 5. The summed E-state index contributed by atoms with van der Waals surface area (Å²) in [6.07, 6.45) is 3.57. The highest BCUT2D eigenvalue weighted by atomic mass is 32.2. The zero-order chi connectivity index (χ0) is 19.0. The van der Waals surface area contributed by atoms with Crippen LogP contribution < -0.4 is 5.73 Å². The van der Waals surface area contributed by atoms with Gasteiger partial charge in [0.25, 0.3) is 0 Å². The molecule has 0 unspecified atom stereocenters. The Morgan fingerprint density at radius 2 is 1.70 bits per heavy atom. The molecule has 0 aliphatic heterocycles. The molecular weight excluding hydrogens is 362 g/mol. The van der Waals surface area contributed by atoms with Crippen LogP contribution in [0.2, 0.25) is 0 Å². The molecule has 3 N–H and O–H groups in total. The van der Waals surface area contributed by atoms with Crippen molar-refractivity contribution < 1.29 is 13.2 Å². The highest BCUT2D eigenvalue weighted by molar-refractivity contribution is 7.91. The lowest BCUT2D eigenvalue weighted by Gasteiger charge is -2.07. The van der Waals surface area contributed by atoms with Crippen LogP contribution in [0.3, 0.4) is 0 Å². The molecule has 136 valence electrons. The van der Waals surface area contributed by atoms with E-state index in [1.165, 1.54) is 12.1 Å². The van der Waals surface area contributed by atoms with Gasteiger partial charge in [-0.3, -0.25) is 4.79 Å². The minimum Gasteiger partial charge on any atom is -0.369 e. The number of sulfone groups is 1. The van der Waals surface area contributed by atoms with E-state index in [0.717, 1.165) is 5.69 Å². The van der Waals surface area contributed by atoms with E-state index in [0.29, 0.717) is 16.6 Å². The van der Waals surface area contributed by atoms with Gasteiger partial charge in [-0.1, -0.05) is 18.2 Å². The third kappa shape index (κ3) is 3.02. The van der Waals surface area contributed by atoms with Crippen molar-refractivity contribution in [3.8, 4) is 5.69 Å². The molecule has 7 heteroatoms. The van der Waals surface area contributed by atoms with Crippen LogP contribution in [0, 0.1) is 0 Å². The Morgan fingerprint density at radius 1 is 1.00 bits per heavy atom. The summed E-state index contributed by atoms with van der Waals surface area (Å²) >= 11 is 0. The first kappa shape index (κ1) is 17.1. The van der Waals surface area contributed by atoms with Gasteiger partial charge in [0.2, 0.25) is 15.7 Å². The summed E-state index contributed by atoms with van der Waals surface area (Å²) < 4.78 is 28.5. The monoisotopic (exact) mass is 379 g/mol. The first-order valence-corrected chi connectivity index (χ1v) is 9.81. The van der Waals surface area contributed by atoms with Gasteiger partial charge in [0.1, 0.15) is 4.90 Å². The normalized spacial score (nSPS) is 11.7. The van der Waals surface area contributed by atoms with Crippen LogP contribution >= 0.6 is 0 Å². The van der Waals surface area contributed by atoms with E-state index >= 15 is 0 Å². The number of carbonyl (C=O) groups is 1. The number of primary amides is 1. The summed E-state index contributed by atoms with van der Waals surface area (Å²) in [6.45, 7) is 0. The summed E-state index contributed by atoms with van der Waals surface area (Å²) in [6, 6.07) is 17.4. The third-order valence-electron chi connectivity index (χ3n) is 4.38. The second kappa shape index (κ2) is 6.44. The maximum absolute atomic E-state index is 13.3. The molecular formula is C20H17N3O3S. The fourth-order valence-corrected chi connectivity index (χ4v) is 4.86. The largest absolute Gasteiger partial charge is 0.369 e. The topological polar surface area (TPSA) is 97.9 Å². The fourth-order valence-electron chi connectivity index (χ4n) is 3.20. The Bertz CT molecular complexity index is 1220. The molecule has 2 aromatic heterocycles. The van der Waals surface area contributed by atoms with E-state index in [-0.39, 0.29) is 16.2 Å². The van der Waals surface area contributed by atoms with Crippen LogP contribution in [0.15, 0.2) is 82.8 Å². The minimum atomic E-state index is -3.83. The summed E-state index contributed by atoms with van der Waals surface area (Å²) in [7, 11) is -3.83. The highest BCUT2D eigenvalue weighted by Gasteiger charge is 2.27. The van der Waals surface area contributed by atoms with E-state index in [1.54, 1.807) is 30.3 Å². The third-order valence-corrected chi connectivity index (χ3v) is 6.28. The van der Waals surface area contributed by atoms with Crippen LogP contribution in [-0.4, -0.2) is 23.9 Å². The molecule has 2 aromatic carbocycles. The molecule has 1 amide bonds. The number of hydrogen-bond donors (Lipinski definition) is 2. The predicted octanol–water partition coefficient (Wildman–Crippen LogP) is 2.82. The SMILES string of the molecule is NC(=O)Cc1[nH]c2ccc(-n3cccc3)cc2c1S(=O)(=O)c1ccccc1. The number of nitrogens with two attached hydrogens (primary N) is 1. The summed E-state index contributed by atoms with van der Waals surface area (Å²) in [5, 5.41) is 0.529. The number of benzene rings is 2. The standard InChI is InChI=1S/C20H17N3O3S/c21-19(24)13-18-20(27(25,26)15-6-2-1-3-7-15)16-12-14(8-9-17(16)22-18)23-10-4-5-11-23/h1-12,22H,13H2,(H2,21,24). The van der Waals surface area contributed by atoms with Crippen molar-refractivity contribution in [2.24, 2.45) is 5.73 Å². The van der Waals surface area contributed by atoms with Gasteiger partial charge in [0, 0.05) is 34.7 Å². The molecule has 27 heavy (non-hydrogen) atoms. The van der Waals surface area contributed by atoms with Crippen molar-refractivity contribution >= 4 is 26.6 Å². The van der Waals surface area contributed by atoms with Crippen molar-refractivity contribution in [1.82, 2.24) is 9.55 Å². The Balaban J connectivity index is 2.00. The smallest absolute Gasteiger partial charge is 0.223 e. The van der Waals surface area contributed by atoms with Gasteiger partial charge in [-0.2, -0.15) is 0 Å². The molecule has 2 heterocycles. The van der Waals surface area contributed by atoms with Crippen molar-refractivity contribution in [2.75, 3.05) is 0 Å². The highest BCUT2D eigenvalue weighted by Crippen LogP contribution is 2.33. The van der Waals surface area contributed by atoms with E-state index < -0.39 is 15.7 Å².